The normalized spacial score (nSPS) is 24.8. The molecular weight excluding hydrogens is 590 g/mol. The summed E-state index contributed by atoms with van der Waals surface area (Å²) < 4.78 is 25.7. The van der Waals surface area contributed by atoms with E-state index in [4.69, 9.17) is 11.5 Å². The van der Waals surface area contributed by atoms with E-state index in [1.807, 2.05) is 0 Å². The molecule has 2 saturated heterocycles. The molecule has 3 aliphatic rings. The lowest BCUT2D eigenvalue weighted by Gasteiger charge is -2.37. The van der Waals surface area contributed by atoms with Crippen LogP contribution in [-0.4, -0.2) is 92.6 Å². The number of carbonyl (C=O) groups is 4. The Morgan fingerprint density at radius 1 is 1.17 bits per heavy atom. The number of nitrogens with zero attached hydrogens (tertiary/aromatic N) is 4. The van der Waals surface area contributed by atoms with Crippen molar-refractivity contribution in [3.8, 4) is 0 Å². The third-order valence-electron chi connectivity index (χ3n) is 8.74. The highest BCUT2D eigenvalue weighted by Crippen LogP contribution is 2.34. The summed E-state index contributed by atoms with van der Waals surface area (Å²) in [5.41, 5.74) is 8.98. The average molecular weight is 632 g/mol. The number of hydrogen-bond acceptors (Lipinski definition) is 10. The fraction of sp³-hybridized carbons (Fsp3) is 0.769. The Morgan fingerprint density at radius 2 is 1.79 bits per heavy atom. The van der Waals surface area contributed by atoms with E-state index in [2.05, 4.69) is 15.6 Å². The third-order valence-corrected chi connectivity index (χ3v) is 10.4. The number of carbonyl (C=O) groups excluding carboxylic acids is 4. The van der Waals surface area contributed by atoms with Crippen LogP contribution in [0, 0.1) is 5.92 Å². The maximum absolute atomic E-state index is 13.8. The number of amides is 3. The monoisotopic (exact) mass is 631 g/mol. The highest BCUT2D eigenvalue weighted by atomic mass is 35.5. The first-order valence-electron chi connectivity index (χ1n) is 14.2. The molecule has 1 aliphatic carbocycles. The third kappa shape index (κ3) is 7.29. The molecule has 4 rings (SSSR count). The van der Waals surface area contributed by atoms with E-state index in [1.54, 1.807) is 13.8 Å². The van der Waals surface area contributed by atoms with Gasteiger partial charge in [-0.15, -0.1) is 17.5 Å². The van der Waals surface area contributed by atoms with Crippen LogP contribution in [0.1, 0.15) is 83.4 Å². The molecule has 0 bridgehead atoms. The SMILES string of the molecule is CC(C)(O)c1cnnn1[C@H]1C[C@@H](C(=O)NC2(C(=O)C(N)=O)CCS(=O)(=O)CC2)N(C(=O)C(N)CC2CCCCC2)C1.Cl. The first-order chi connectivity index (χ1) is 19.1. The summed E-state index contributed by atoms with van der Waals surface area (Å²) in [6, 6.07) is -2.49. The van der Waals surface area contributed by atoms with E-state index in [1.165, 1.54) is 15.8 Å². The highest BCUT2D eigenvalue weighted by molar-refractivity contribution is 7.91. The minimum absolute atomic E-state index is 0. The highest BCUT2D eigenvalue weighted by Gasteiger charge is 2.50. The minimum atomic E-state index is -3.45. The first kappa shape index (κ1) is 33.9. The van der Waals surface area contributed by atoms with Gasteiger partial charge in [0, 0.05) is 13.0 Å². The largest absolute Gasteiger partial charge is 0.384 e. The number of aromatic nitrogens is 3. The maximum atomic E-state index is 13.8. The topological polar surface area (TPSA) is 221 Å². The van der Waals surface area contributed by atoms with Crippen molar-refractivity contribution in [2.24, 2.45) is 17.4 Å². The van der Waals surface area contributed by atoms with Gasteiger partial charge in [-0.3, -0.25) is 19.2 Å². The van der Waals surface area contributed by atoms with Gasteiger partial charge >= 0.3 is 0 Å². The van der Waals surface area contributed by atoms with Gasteiger partial charge in [-0.25, -0.2) is 13.1 Å². The molecule has 3 heterocycles. The van der Waals surface area contributed by atoms with Gasteiger partial charge in [-0.1, -0.05) is 37.3 Å². The molecule has 14 nitrogen and oxygen atoms in total. The molecule has 1 aromatic rings. The Hall–Kier alpha value is -2.62. The van der Waals surface area contributed by atoms with Crippen molar-refractivity contribution in [2.45, 2.75) is 101 Å². The second kappa shape index (κ2) is 12.9. The Labute approximate surface area is 251 Å². The summed E-state index contributed by atoms with van der Waals surface area (Å²) in [4.78, 5) is 53.7. The van der Waals surface area contributed by atoms with Crippen molar-refractivity contribution in [1.82, 2.24) is 25.2 Å². The van der Waals surface area contributed by atoms with Crippen molar-refractivity contribution in [2.75, 3.05) is 18.1 Å². The van der Waals surface area contributed by atoms with Gasteiger partial charge in [0.25, 0.3) is 5.91 Å². The van der Waals surface area contributed by atoms with Crippen LogP contribution in [0.25, 0.3) is 0 Å². The van der Waals surface area contributed by atoms with E-state index < -0.39 is 74.1 Å². The number of Topliss-reactive ketones (excluding diaryl/α,β-unsaturated/α-hetero) is 1. The smallest absolute Gasteiger partial charge is 0.287 e. The van der Waals surface area contributed by atoms with Crippen molar-refractivity contribution in [3.63, 3.8) is 0 Å². The molecule has 3 atom stereocenters. The molecular formula is C26H42ClN7O7S. The molecule has 16 heteroatoms. The number of hydrogen-bond donors (Lipinski definition) is 4. The summed E-state index contributed by atoms with van der Waals surface area (Å²) in [6.07, 6.45) is 6.65. The number of halogens is 1. The molecule has 42 heavy (non-hydrogen) atoms. The van der Waals surface area contributed by atoms with E-state index in [0.29, 0.717) is 18.0 Å². The number of ketones is 1. The van der Waals surface area contributed by atoms with Gasteiger partial charge in [-0.2, -0.15) is 0 Å². The van der Waals surface area contributed by atoms with E-state index >= 15 is 0 Å². The van der Waals surface area contributed by atoms with E-state index in [-0.39, 0.29) is 38.2 Å². The predicted molar refractivity (Wildman–Crippen MR) is 154 cm³/mol. The molecule has 0 aromatic carbocycles. The minimum Gasteiger partial charge on any atom is -0.384 e. The van der Waals surface area contributed by atoms with Crippen LogP contribution < -0.4 is 16.8 Å². The quantitative estimate of drug-likeness (QED) is 0.255. The van der Waals surface area contributed by atoms with Gasteiger partial charge in [0.2, 0.25) is 17.6 Å². The predicted octanol–water partition coefficient (Wildman–Crippen LogP) is -0.515. The number of aliphatic hydroxyl groups is 1. The summed E-state index contributed by atoms with van der Waals surface area (Å²) in [5, 5.41) is 21.3. The summed E-state index contributed by atoms with van der Waals surface area (Å²) in [6.45, 7) is 3.19. The number of nitrogens with one attached hydrogen (secondary N) is 1. The second-order valence-corrected chi connectivity index (χ2v) is 14.6. The molecule has 6 N–H and O–H groups in total. The van der Waals surface area contributed by atoms with Crippen LogP contribution in [0.3, 0.4) is 0 Å². The second-order valence-electron chi connectivity index (χ2n) is 12.3. The van der Waals surface area contributed by atoms with Crippen LogP contribution >= 0.6 is 12.4 Å². The maximum Gasteiger partial charge on any atom is 0.287 e. The fourth-order valence-electron chi connectivity index (χ4n) is 6.38. The zero-order valence-corrected chi connectivity index (χ0v) is 25.7. The summed E-state index contributed by atoms with van der Waals surface area (Å²) >= 11 is 0. The molecule has 3 amide bonds. The number of primary amides is 1. The Balaban J connectivity index is 0.00000484. The van der Waals surface area contributed by atoms with Crippen molar-refractivity contribution >= 4 is 45.7 Å². The van der Waals surface area contributed by atoms with Crippen LogP contribution in [0.15, 0.2) is 6.20 Å². The molecule has 1 unspecified atom stereocenters. The average Bonchev–Trinajstić information content (AvgIpc) is 3.57. The number of nitrogens with two attached hydrogens (primary N) is 2. The number of likely N-dealkylation sites (tertiary alicyclic amines) is 1. The summed E-state index contributed by atoms with van der Waals surface area (Å²) in [5.74, 6) is -4.00. The molecule has 1 saturated carbocycles. The summed E-state index contributed by atoms with van der Waals surface area (Å²) in [7, 11) is -3.45. The van der Waals surface area contributed by atoms with Gasteiger partial charge in [0.05, 0.1) is 35.5 Å². The Morgan fingerprint density at radius 3 is 2.36 bits per heavy atom. The number of rotatable bonds is 9. The molecule has 1 aromatic heterocycles. The van der Waals surface area contributed by atoms with Crippen molar-refractivity contribution in [3.05, 3.63) is 11.9 Å². The molecule has 236 valence electrons. The molecule has 3 fully saturated rings. The lowest BCUT2D eigenvalue weighted by Crippen LogP contribution is -2.64. The van der Waals surface area contributed by atoms with E-state index in [9.17, 15) is 32.7 Å². The Bertz CT molecular complexity index is 1280. The molecule has 0 radical (unpaired) electrons. The lowest BCUT2D eigenvalue weighted by atomic mass is 9.84. The van der Waals surface area contributed by atoms with Crippen molar-refractivity contribution in [1.29, 1.82) is 0 Å². The first-order valence-corrected chi connectivity index (χ1v) is 16.0. The van der Waals surface area contributed by atoms with Crippen molar-refractivity contribution < 1.29 is 32.7 Å². The molecule has 0 spiro atoms. The van der Waals surface area contributed by atoms with Gasteiger partial charge < -0.3 is 26.8 Å². The number of sulfone groups is 1. The standard InChI is InChI=1S/C26H41N7O7S.ClH/c1-25(2,38)20-14-29-31-33(20)17-13-19(32(15-17)24(37)18(27)12-16-6-4-3-5-7-16)23(36)30-26(21(34)22(28)35)8-10-41(39,40)11-9-26;/h14,16-19,38H,3-13,15,27H2,1-2H3,(H2,28,35)(H,30,36);1H/t17-,18?,19-;/m0./s1. The van der Waals surface area contributed by atoms with Gasteiger partial charge in [0.1, 0.15) is 17.2 Å². The van der Waals surface area contributed by atoms with Gasteiger partial charge in [0.15, 0.2) is 9.84 Å². The molecule has 2 aliphatic heterocycles. The van der Waals surface area contributed by atoms with Crippen LogP contribution in [0.4, 0.5) is 0 Å². The fourth-order valence-corrected chi connectivity index (χ4v) is 7.90. The lowest BCUT2D eigenvalue weighted by molar-refractivity contribution is -0.145. The zero-order valence-electron chi connectivity index (χ0n) is 24.0. The van der Waals surface area contributed by atoms with Crippen LogP contribution in [0.2, 0.25) is 0 Å². The zero-order chi connectivity index (χ0) is 30.2. The van der Waals surface area contributed by atoms with E-state index in [0.717, 1.165) is 32.1 Å². The Kier molecular flexibility index (Phi) is 10.4. The van der Waals surface area contributed by atoms with Crippen LogP contribution in [0.5, 0.6) is 0 Å². The van der Waals surface area contributed by atoms with Crippen LogP contribution in [-0.2, 0) is 34.6 Å². The van der Waals surface area contributed by atoms with Gasteiger partial charge in [-0.05, 0) is 39.0 Å².